The number of carbonyl (C=O) groups is 3. The number of amides is 4. The van der Waals surface area contributed by atoms with E-state index in [1.807, 2.05) is 43.9 Å². The summed E-state index contributed by atoms with van der Waals surface area (Å²) in [4.78, 5) is 42.4. The molecule has 3 atom stereocenters. The van der Waals surface area contributed by atoms with Gasteiger partial charge in [-0.05, 0) is 37.8 Å². The van der Waals surface area contributed by atoms with Crippen LogP contribution < -0.4 is 15.4 Å². The number of rotatable bonds is 8. The van der Waals surface area contributed by atoms with Crippen LogP contribution >= 0.6 is 0 Å². The number of carbonyl (C=O) groups excluding carboxylic acids is 3. The van der Waals surface area contributed by atoms with Crippen molar-refractivity contribution in [2.24, 2.45) is 5.92 Å². The Balaban J connectivity index is 1.53. The molecule has 1 saturated carbocycles. The zero-order chi connectivity index (χ0) is 24.5. The van der Waals surface area contributed by atoms with Crippen LogP contribution in [0.4, 0.5) is 4.79 Å². The Morgan fingerprint density at radius 2 is 1.79 bits per heavy atom. The van der Waals surface area contributed by atoms with Gasteiger partial charge in [0.25, 0.3) is 5.91 Å². The summed E-state index contributed by atoms with van der Waals surface area (Å²) in [7, 11) is 0. The maximum absolute atomic E-state index is 13.4. The Hall–Kier alpha value is -2.77. The van der Waals surface area contributed by atoms with Gasteiger partial charge in [-0.3, -0.25) is 9.59 Å². The molecule has 1 aliphatic heterocycles. The molecule has 2 fully saturated rings. The van der Waals surface area contributed by atoms with Crippen molar-refractivity contribution in [2.75, 3.05) is 26.2 Å². The maximum Gasteiger partial charge on any atom is 0.317 e. The van der Waals surface area contributed by atoms with E-state index in [1.54, 1.807) is 17.0 Å². The first-order chi connectivity index (χ1) is 16.4. The molecule has 1 saturated heterocycles. The second-order valence-corrected chi connectivity index (χ2v) is 9.64. The van der Waals surface area contributed by atoms with Gasteiger partial charge in [-0.15, -0.1) is 0 Å². The fraction of sp³-hybridized carbons (Fsp3) is 0.654. The van der Waals surface area contributed by atoms with Gasteiger partial charge in [-0.1, -0.05) is 57.7 Å². The maximum atomic E-state index is 13.4. The van der Waals surface area contributed by atoms with E-state index in [0.29, 0.717) is 25.4 Å². The van der Waals surface area contributed by atoms with Crippen LogP contribution in [0.15, 0.2) is 30.3 Å². The molecule has 0 bridgehead atoms. The van der Waals surface area contributed by atoms with E-state index in [2.05, 4.69) is 10.6 Å². The molecule has 1 aliphatic carbocycles. The molecule has 0 spiro atoms. The number of benzene rings is 1. The SMILES string of the molecule is CCC(C)C(NC(=O)COc1ccccc1)C(=O)N1CCN(C(=O)NC2CCCCC2)C(C)C1. The summed E-state index contributed by atoms with van der Waals surface area (Å²) in [5.41, 5.74) is 0. The predicted molar refractivity (Wildman–Crippen MR) is 131 cm³/mol. The van der Waals surface area contributed by atoms with Gasteiger partial charge in [0.15, 0.2) is 6.61 Å². The summed E-state index contributed by atoms with van der Waals surface area (Å²) < 4.78 is 5.54. The summed E-state index contributed by atoms with van der Waals surface area (Å²) in [6, 6.07) is 8.66. The average molecular weight is 473 g/mol. The van der Waals surface area contributed by atoms with Crippen LogP contribution in [0.2, 0.25) is 0 Å². The highest BCUT2D eigenvalue weighted by Gasteiger charge is 2.35. The fourth-order valence-corrected chi connectivity index (χ4v) is 4.72. The van der Waals surface area contributed by atoms with Crippen molar-refractivity contribution in [3.8, 4) is 5.75 Å². The quantitative estimate of drug-likeness (QED) is 0.608. The highest BCUT2D eigenvalue weighted by molar-refractivity contribution is 5.88. The van der Waals surface area contributed by atoms with Crippen LogP contribution in [0.1, 0.15) is 59.3 Å². The lowest BCUT2D eigenvalue weighted by molar-refractivity contribution is -0.140. The number of urea groups is 1. The van der Waals surface area contributed by atoms with Crippen LogP contribution in [0, 0.1) is 5.92 Å². The van der Waals surface area contributed by atoms with Crippen LogP contribution in [0.25, 0.3) is 0 Å². The summed E-state index contributed by atoms with van der Waals surface area (Å²) in [6.07, 6.45) is 6.43. The molecule has 3 unspecified atom stereocenters. The van der Waals surface area contributed by atoms with E-state index in [4.69, 9.17) is 4.74 Å². The third-order valence-corrected chi connectivity index (χ3v) is 7.04. The zero-order valence-corrected chi connectivity index (χ0v) is 20.8. The molecule has 0 aromatic heterocycles. The summed E-state index contributed by atoms with van der Waals surface area (Å²) in [6.45, 7) is 7.22. The second-order valence-electron chi connectivity index (χ2n) is 9.64. The van der Waals surface area contributed by atoms with E-state index in [9.17, 15) is 14.4 Å². The van der Waals surface area contributed by atoms with Crippen LogP contribution in [-0.2, 0) is 9.59 Å². The minimum atomic E-state index is -0.619. The first-order valence-electron chi connectivity index (χ1n) is 12.7. The average Bonchev–Trinajstić information content (AvgIpc) is 2.86. The third kappa shape index (κ3) is 7.11. The highest BCUT2D eigenvalue weighted by Crippen LogP contribution is 2.19. The van der Waals surface area contributed by atoms with Crippen LogP contribution in [0.5, 0.6) is 5.75 Å². The Morgan fingerprint density at radius 3 is 2.44 bits per heavy atom. The molecule has 8 heteroatoms. The van der Waals surface area contributed by atoms with E-state index in [1.165, 1.54) is 19.3 Å². The smallest absolute Gasteiger partial charge is 0.317 e. The van der Waals surface area contributed by atoms with Crippen molar-refractivity contribution in [3.63, 3.8) is 0 Å². The standard InChI is InChI=1S/C26H40N4O4/c1-4-19(2)24(28-23(31)18-34-22-13-9-6-10-14-22)25(32)29-15-16-30(20(3)17-29)26(33)27-21-11-7-5-8-12-21/h6,9-10,13-14,19-21,24H,4-5,7-8,11-12,15-18H2,1-3H3,(H,27,33)(H,28,31). The van der Waals surface area contributed by atoms with Crippen molar-refractivity contribution in [2.45, 2.75) is 77.4 Å². The monoisotopic (exact) mass is 472 g/mol. The van der Waals surface area contributed by atoms with Crippen molar-refractivity contribution in [3.05, 3.63) is 30.3 Å². The Labute approximate surface area is 203 Å². The van der Waals surface area contributed by atoms with Crippen molar-refractivity contribution in [1.82, 2.24) is 20.4 Å². The van der Waals surface area contributed by atoms with E-state index < -0.39 is 6.04 Å². The molecule has 1 aromatic rings. The third-order valence-electron chi connectivity index (χ3n) is 7.04. The molecule has 1 aromatic carbocycles. The van der Waals surface area contributed by atoms with E-state index in [0.717, 1.165) is 19.3 Å². The second kappa shape index (κ2) is 12.6. The normalized spacial score (nSPS) is 20.9. The van der Waals surface area contributed by atoms with Crippen molar-refractivity contribution >= 4 is 17.8 Å². The van der Waals surface area contributed by atoms with Gasteiger partial charge in [0.05, 0.1) is 0 Å². The largest absolute Gasteiger partial charge is 0.484 e. The first-order valence-corrected chi connectivity index (χ1v) is 12.7. The lowest BCUT2D eigenvalue weighted by Gasteiger charge is -2.42. The topological polar surface area (TPSA) is 91.0 Å². The van der Waals surface area contributed by atoms with Crippen LogP contribution in [0.3, 0.4) is 0 Å². The van der Waals surface area contributed by atoms with Gasteiger partial charge < -0.3 is 25.2 Å². The molecular weight excluding hydrogens is 432 g/mol. The summed E-state index contributed by atoms with van der Waals surface area (Å²) >= 11 is 0. The number of hydrogen-bond acceptors (Lipinski definition) is 4. The lowest BCUT2D eigenvalue weighted by atomic mass is 9.95. The summed E-state index contributed by atoms with van der Waals surface area (Å²) in [5, 5.41) is 6.07. The van der Waals surface area contributed by atoms with Gasteiger partial charge in [-0.25, -0.2) is 4.79 Å². The first kappa shape index (κ1) is 25.8. The molecular formula is C26H40N4O4. The van der Waals surface area contributed by atoms with E-state index >= 15 is 0 Å². The zero-order valence-electron chi connectivity index (χ0n) is 20.8. The van der Waals surface area contributed by atoms with Gasteiger partial charge in [0, 0.05) is 31.7 Å². The molecule has 8 nitrogen and oxygen atoms in total. The number of para-hydroxylation sites is 1. The molecule has 188 valence electrons. The minimum Gasteiger partial charge on any atom is -0.484 e. The van der Waals surface area contributed by atoms with Crippen molar-refractivity contribution < 1.29 is 19.1 Å². The number of piperazine rings is 1. The van der Waals surface area contributed by atoms with Gasteiger partial charge in [0.2, 0.25) is 5.91 Å². The number of hydrogen-bond donors (Lipinski definition) is 2. The molecule has 0 radical (unpaired) electrons. The molecule has 34 heavy (non-hydrogen) atoms. The Kier molecular flexibility index (Phi) is 9.60. The molecule has 2 N–H and O–H groups in total. The molecule has 4 amide bonds. The Morgan fingerprint density at radius 1 is 1.09 bits per heavy atom. The van der Waals surface area contributed by atoms with Gasteiger partial charge in [-0.2, -0.15) is 0 Å². The van der Waals surface area contributed by atoms with Gasteiger partial charge in [0.1, 0.15) is 11.8 Å². The Bertz CT molecular complexity index is 812. The van der Waals surface area contributed by atoms with Crippen molar-refractivity contribution in [1.29, 1.82) is 0 Å². The number of nitrogens with one attached hydrogen (secondary N) is 2. The fourth-order valence-electron chi connectivity index (χ4n) is 4.72. The number of ether oxygens (including phenoxy) is 1. The number of nitrogens with zero attached hydrogens (tertiary/aromatic N) is 2. The molecule has 2 aliphatic rings. The minimum absolute atomic E-state index is 0.0175. The predicted octanol–water partition coefficient (Wildman–Crippen LogP) is 3.17. The molecule has 3 rings (SSSR count). The van der Waals surface area contributed by atoms with E-state index in [-0.39, 0.29) is 42.5 Å². The summed E-state index contributed by atoms with van der Waals surface area (Å²) in [5.74, 6) is 0.180. The van der Waals surface area contributed by atoms with Gasteiger partial charge >= 0.3 is 6.03 Å². The highest BCUT2D eigenvalue weighted by atomic mass is 16.5. The lowest BCUT2D eigenvalue weighted by Crippen LogP contribution is -2.62. The molecule has 1 heterocycles. The van der Waals surface area contributed by atoms with Crippen LogP contribution in [-0.4, -0.2) is 72.0 Å².